The van der Waals surface area contributed by atoms with Crippen LogP contribution in [0, 0.1) is 6.92 Å². The molecule has 0 aliphatic rings. The highest BCUT2D eigenvalue weighted by Gasteiger charge is 2.05. The maximum Gasteiger partial charge on any atom is 0.263 e. The highest BCUT2D eigenvalue weighted by Crippen LogP contribution is 2.13. The van der Waals surface area contributed by atoms with Crippen molar-refractivity contribution in [3.8, 4) is 5.75 Å². The average molecular weight is 337 g/mol. The van der Waals surface area contributed by atoms with Gasteiger partial charge in [-0.05, 0) is 43.3 Å². The molecule has 0 saturated carbocycles. The van der Waals surface area contributed by atoms with E-state index in [-0.39, 0.29) is 12.5 Å². The molecule has 0 radical (unpaired) electrons. The zero-order valence-corrected chi connectivity index (χ0v) is 13.9. The number of amides is 1. The summed E-state index contributed by atoms with van der Waals surface area (Å²) < 4.78 is 10.7. The number of nitrogens with one attached hydrogen (secondary N) is 2. The van der Waals surface area contributed by atoms with E-state index in [1.54, 1.807) is 18.5 Å². The van der Waals surface area contributed by atoms with Gasteiger partial charge in [0.2, 0.25) is 0 Å². The van der Waals surface area contributed by atoms with E-state index in [1.165, 1.54) is 0 Å². The molecule has 0 bridgehead atoms. The number of pyridine rings is 1. The molecule has 0 fully saturated rings. The lowest BCUT2D eigenvalue weighted by molar-refractivity contribution is -0.118. The van der Waals surface area contributed by atoms with Crippen LogP contribution in [-0.4, -0.2) is 17.5 Å². The van der Waals surface area contributed by atoms with Crippen molar-refractivity contribution in [2.75, 3.05) is 17.2 Å². The van der Waals surface area contributed by atoms with Gasteiger partial charge in [-0.2, -0.15) is 0 Å². The van der Waals surface area contributed by atoms with Crippen LogP contribution in [0.4, 0.5) is 11.5 Å². The molecule has 3 aromatic rings. The van der Waals surface area contributed by atoms with Crippen LogP contribution in [-0.2, 0) is 11.3 Å². The smallest absolute Gasteiger partial charge is 0.263 e. The van der Waals surface area contributed by atoms with Crippen LogP contribution in [0.2, 0.25) is 0 Å². The first kappa shape index (κ1) is 16.6. The Morgan fingerprint density at radius 3 is 2.68 bits per heavy atom. The quantitative estimate of drug-likeness (QED) is 0.689. The van der Waals surface area contributed by atoms with Crippen molar-refractivity contribution in [1.29, 1.82) is 0 Å². The zero-order valence-electron chi connectivity index (χ0n) is 13.9. The minimum Gasteiger partial charge on any atom is -0.484 e. The van der Waals surface area contributed by atoms with Crippen molar-refractivity contribution in [3.05, 3.63) is 72.3 Å². The number of aryl methyl sites for hydroxylation is 1. The van der Waals surface area contributed by atoms with E-state index in [9.17, 15) is 4.79 Å². The molecule has 0 unspecified atom stereocenters. The second-order valence-corrected chi connectivity index (χ2v) is 5.51. The van der Waals surface area contributed by atoms with E-state index in [1.807, 2.05) is 49.4 Å². The summed E-state index contributed by atoms with van der Waals surface area (Å²) in [5.74, 6) is 1.71. The molecule has 1 aromatic carbocycles. The van der Waals surface area contributed by atoms with Gasteiger partial charge >= 0.3 is 0 Å². The molecule has 0 aliphatic heterocycles. The van der Waals surface area contributed by atoms with Gasteiger partial charge in [0.25, 0.3) is 5.91 Å². The lowest BCUT2D eigenvalue weighted by Crippen LogP contribution is -2.20. The lowest BCUT2D eigenvalue weighted by Gasteiger charge is -2.08. The molecule has 1 amide bonds. The maximum atomic E-state index is 11.9. The summed E-state index contributed by atoms with van der Waals surface area (Å²) in [5.41, 5.74) is 1.98. The van der Waals surface area contributed by atoms with Crippen molar-refractivity contribution in [2.24, 2.45) is 0 Å². The molecule has 128 valence electrons. The number of carbonyl (C=O) groups excluding carboxylic acids is 1. The Morgan fingerprint density at radius 2 is 2.00 bits per heavy atom. The van der Waals surface area contributed by atoms with Crippen LogP contribution >= 0.6 is 0 Å². The summed E-state index contributed by atoms with van der Waals surface area (Å²) in [5, 5.41) is 5.88. The van der Waals surface area contributed by atoms with Crippen LogP contribution in [0.15, 0.2) is 65.4 Å². The first-order valence-corrected chi connectivity index (χ1v) is 7.91. The Hall–Kier alpha value is -3.28. The Kier molecular flexibility index (Phi) is 5.31. The molecule has 3 rings (SSSR count). The maximum absolute atomic E-state index is 11.9. The first-order chi connectivity index (χ1) is 12.2. The number of carbonyl (C=O) groups is 1. The number of benzene rings is 1. The number of aromatic nitrogens is 1. The molecule has 6 nitrogen and oxygen atoms in total. The molecule has 0 saturated heterocycles. The standard InChI is InChI=1S/C19H19N3O3/c1-14-4-7-16(8-5-14)25-13-19(23)22-18-9-6-15(11-21-18)20-12-17-3-2-10-24-17/h2-11,20H,12-13H2,1H3,(H,21,22,23). The third kappa shape index (κ3) is 5.10. The van der Waals surface area contributed by atoms with Crippen LogP contribution in [0.3, 0.4) is 0 Å². The molecule has 2 heterocycles. The van der Waals surface area contributed by atoms with Crippen LogP contribution in [0.5, 0.6) is 5.75 Å². The van der Waals surface area contributed by atoms with Crippen molar-refractivity contribution < 1.29 is 13.9 Å². The van der Waals surface area contributed by atoms with Gasteiger partial charge in [-0.15, -0.1) is 0 Å². The van der Waals surface area contributed by atoms with Gasteiger partial charge in [0, 0.05) is 0 Å². The third-order valence-corrected chi connectivity index (χ3v) is 3.47. The number of furan rings is 1. The number of hydrogen-bond acceptors (Lipinski definition) is 5. The Morgan fingerprint density at radius 1 is 1.16 bits per heavy atom. The van der Waals surface area contributed by atoms with Gasteiger partial charge in [0.1, 0.15) is 17.3 Å². The highest BCUT2D eigenvalue weighted by molar-refractivity contribution is 5.91. The van der Waals surface area contributed by atoms with E-state index in [0.29, 0.717) is 18.1 Å². The molecule has 0 atom stereocenters. The average Bonchev–Trinajstić information content (AvgIpc) is 3.14. The van der Waals surface area contributed by atoms with Gasteiger partial charge in [-0.3, -0.25) is 4.79 Å². The van der Waals surface area contributed by atoms with Crippen molar-refractivity contribution >= 4 is 17.4 Å². The van der Waals surface area contributed by atoms with E-state index in [4.69, 9.17) is 9.15 Å². The number of ether oxygens (including phenoxy) is 1. The summed E-state index contributed by atoms with van der Waals surface area (Å²) in [6.45, 7) is 2.50. The van der Waals surface area contributed by atoms with E-state index in [0.717, 1.165) is 17.0 Å². The summed E-state index contributed by atoms with van der Waals surface area (Å²) in [7, 11) is 0. The molecule has 0 spiro atoms. The highest BCUT2D eigenvalue weighted by atomic mass is 16.5. The number of hydrogen-bond donors (Lipinski definition) is 2. The zero-order chi connectivity index (χ0) is 17.5. The molecular weight excluding hydrogens is 318 g/mol. The van der Waals surface area contributed by atoms with Gasteiger partial charge in [-0.1, -0.05) is 17.7 Å². The molecule has 2 N–H and O–H groups in total. The van der Waals surface area contributed by atoms with Gasteiger partial charge in [0.05, 0.1) is 24.7 Å². The topological polar surface area (TPSA) is 76.4 Å². The largest absolute Gasteiger partial charge is 0.484 e. The number of nitrogens with zero attached hydrogens (tertiary/aromatic N) is 1. The predicted octanol–water partition coefficient (Wildman–Crippen LogP) is 3.61. The van der Waals surface area contributed by atoms with Crippen molar-refractivity contribution in [2.45, 2.75) is 13.5 Å². The minimum absolute atomic E-state index is 0.0662. The first-order valence-electron chi connectivity index (χ1n) is 7.91. The van der Waals surface area contributed by atoms with Crippen LogP contribution in [0.25, 0.3) is 0 Å². The Balaban J connectivity index is 1.45. The van der Waals surface area contributed by atoms with E-state index < -0.39 is 0 Å². The fourth-order valence-electron chi connectivity index (χ4n) is 2.14. The summed E-state index contributed by atoms with van der Waals surface area (Å²) in [4.78, 5) is 16.1. The van der Waals surface area contributed by atoms with E-state index >= 15 is 0 Å². The lowest BCUT2D eigenvalue weighted by atomic mass is 10.2. The SMILES string of the molecule is Cc1ccc(OCC(=O)Nc2ccc(NCc3ccco3)cn2)cc1. The van der Waals surface area contributed by atoms with Gasteiger partial charge < -0.3 is 19.8 Å². The molecule has 25 heavy (non-hydrogen) atoms. The van der Waals surface area contributed by atoms with Crippen LogP contribution < -0.4 is 15.4 Å². The Labute approximate surface area is 145 Å². The van der Waals surface area contributed by atoms with Crippen molar-refractivity contribution in [3.63, 3.8) is 0 Å². The van der Waals surface area contributed by atoms with E-state index in [2.05, 4.69) is 15.6 Å². The third-order valence-electron chi connectivity index (χ3n) is 3.47. The molecule has 6 heteroatoms. The van der Waals surface area contributed by atoms with Crippen molar-refractivity contribution in [1.82, 2.24) is 4.98 Å². The Bertz CT molecular complexity index is 797. The summed E-state index contributed by atoms with van der Waals surface area (Å²) in [6, 6.07) is 14.8. The number of rotatable bonds is 7. The summed E-state index contributed by atoms with van der Waals surface area (Å²) in [6.07, 6.45) is 3.28. The van der Waals surface area contributed by atoms with Gasteiger partial charge in [0.15, 0.2) is 6.61 Å². The second kappa shape index (κ2) is 8.01. The molecular formula is C19H19N3O3. The monoisotopic (exact) mass is 337 g/mol. The fourth-order valence-corrected chi connectivity index (χ4v) is 2.14. The molecule has 0 aliphatic carbocycles. The minimum atomic E-state index is -0.260. The molecule has 2 aromatic heterocycles. The second-order valence-electron chi connectivity index (χ2n) is 5.51. The summed E-state index contributed by atoms with van der Waals surface area (Å²) >= 11 is 0. The number of anilines is 2. The van der Waals surface area contributed by atoms with Gasteiger partial charge in [-0.25, -0.2) is 4.98 Å². The fraction of sp³-hybridized carbons (Fsp3) is 0.158. The van der Waals surface area contributed by atoms with Crippen LogP contribution in [0.1, 0.15) is 11.3 Å². The predicted molar refractivity (Wildman–Crippen MR) is 95.6 cm³/mol. The normalized spacial score (nSPS) is 10.3.